The van der Waals surface area contributed by atoms with Crippen LogP contribution < -0.4 is 0 Å². The molecule has 1 aliphatic heterocycles. The lowest BCUT2D eigenvalue weighted by Crippen LogP contribution is -2.45. The van der Waals surface area contributed by atoms with Gasteiger partial charge in [-0.05, 0) is 45.7 Å². The maximum Gasteiger partial charge on any atom is 0.135 e. The third-order valence-electron chi connectivity index (χ3n) is 4.48. The van der Waals surface area contributed by atoms with Gasteiger partial charge in [0, 0.05) is 44.3 Å². The van der Waals surface area contributed by atoms with Crippen LogP contribution in [-0.4, -0.2) is 46.3 Å². The molecule has 0 N–H and O–H groups in total. The van der Waals surface area contributed by atoms with Gasteiger partial charge in [-0.15, -0.1) is 0 Å². The molecule has 0 bridgehead atoms. The average molecular weight is 343 g/mol. The minimum Gasteiger partial charge on any atom is -0.297 e. The van der Waals surface area contributed by atoms with Crippen molar-refractivity contribution in [2.24, 2.45) is 0 Å². The molecule has 5 nitrogen and oxygen atoms in total. The first kappa shape index (κ1) is 15.6. The quantitative estimate of drug-likeness (QED) is 0.728. The molecule has 0 radical (unpaired) electrons. The van der Waals surface area contributed by atoms with Crippen LogP contribution in [0.3, 0.4) is 0 Å². The Morgan fingerprint density at radius 1 is 0.833 bits per heavy atom. The third kappa shape index (κ3) is 3.59. The molecular weight excluding hydrogens is 324 g/mol. The van der Waals surface area contributed by atoms with Gasteiger partial charge in [-0.3, -0.25) is 9.80 Å². The first-order chi connectivity index (χ1) is 11.8. The molecular formula is C18H19ClN4O. The van der Waals surface area contributed by atoms with E-state index in [2.05, 4.69) is 44.4 Å². The number of hydrogen-bond acceptors (Lipinski definition) is 5. The Morgan fingerprint density at radius 3 is 2.21 bits per heavy atom. The number of rotatable bonds is 4. The van der Waals surface area contributed by atoms with E-state index in [9.17, 15) is 0 Å². The molecule has 1 aromatic heterocycles. The third-order valence-corrected chi connectivity index (χ3v) is 4.72. The van der Waals surface area contributed by atoms with E-state index in [0.29, 0.717) is 0 Å². The minimum atomic E-state index is 0.809. The maximum atomic E-state index is 6.07. The van der Waals surface area contributed by atoms with Gasteiger partial charge in [0.2, 0.25) is 0 Å². The molecule has 2 heterocycles. The van der Waals surface area contributed by atoms with Crippen molar-refractivity contribution in [3.63, 3.8) is 0 Å². The monoisotopic (exact) mass is 342 g/mol. The van der Waals surface area contributed by atoms with Crippen molar-refractivity contribution in [3.05, 3.63) is 58.6 Å². The molecule has 0 saturated carbocycles. The molecule has 1 fully saturated rings. The summed E-state index contributed by atoms with van der Waals surface area (Å²) in [5, 5.41) is 8.57. The van der Waals surface area contributed by atoms with E-state index < -0.39 is 0 Å². The number of aromatic nitrogens is 2. The fourth-order valence-corrected chi connectivity index (χ4v) is 3.40. The highest BCUT2D eigenvalue weighted by Crippen LogP contribution is 2.16. The molecule has 3 aromatic rings. The fourth-order valence-electron chi connectivity index (χ4n) is 3.18. The zero-order valence-corrected chi connectivity index (χ0v) is 14.1. The van der Waals surface area contributed by atoms with Crippen LogP contribution >= 0.6 is 11.6 Å². The normalized spacial score (nSPS) is 16.7. The van der Waals surface area contributed by atoms with Gasteiger partial charge >= 0.3 is 0 Å². The fraction of sp³-hybridized carbons (Fsp3) is 0.333. The van der Waals surface area contributed by atoms with Gasteiger partial charge in [-0.1, -0.05) is 29.8 Å². The molecule has 0 aliphatic carbocycles. The SMILES string of the molecule is Clc1cccc(CN2CCN(Cc3ccc4nonc4c3)CC2)c1. The van der Waals surface area contributed by atoms with Crippen LogP contribution in [0, 0.1) is 0 Å². The smallest absolute Gasteiger partial charge is 0.135 e. The largest absolute Gasteiger partial charge is 0.297 e. The summed E-state index contributed by atoms with van der Waals surface area (Å²) in [5.41, 5.74) is 4.17. The van der Waals surface area contributed by atoms with Gasteiger partial charge in [-0.2, -0.15) is 0 Å². The standard InChI is InChI=1S/C18H19ClN4O/c19-16-3-1-2-14(10-16)12-22-6-8-23(9-7-22)13-15-4-5-17-18(11-15)21-24-20-17/h1-5,10-11H,6-9,12-13H2. The Balaban J connectivity index is 1.32. The molecule has 6 heteroatoms. The van der Waals surface area contributed by atoms with Gasteiger partial charge in [0.05, 0.1) is 0 Å². The van der Waals surface area contributed by atoms with Crippen molar-refractivity contribution >= 4 is 22.6 Å². The van der Waals surface area contributed by atoms with Crippen LogP contribution in [0.5, 0.6) is 0 Å². The Labute approximate surface area is 145 Å². The van der Waals surface area contributed by atoms with Crippen LogP contribution in [0.15, 0.2) is 47.1 Å². The Hall–Kier alpha value is -1.95. The van der Waals surface area contributed by atoms with E-state index in [1.165, 1.54) is 11.1 Å². The lowest BCUT2D eigenvalue weighted by atomic mass is 10.1. The van der Waals surface area contributed by atoms with E-state index in [4.69, 9.17) is 16.2 Å². The molecule has 0 atom stereocenters. The molecule has 0 amide bonds. The molecule has 0 unspecified atom stereocenters. The summed E-state index contributed by atoms with van der Waals surface area (Å²) in [6, 6.07) is 14.3. The highest BCUT2D eigenvalue weighted by Gasteiger charge is 2.17. The lowest BCUT2D eigenvalue weighted by molar-refractivity contribution is 0.122. The lowest BCUT2D eigenvalue weighted by Gasteiger charge is -2.34. The van der Waals surface area contributed by atoms with Crippen LogP contribution in [0.4, 0.5) is 0 Å². The van der Waals surface area contributed by atoms with Gasteiger partial charge in [0.25, 0.3) is 0 Å². The van der Waals surface area contributed by atoms with Crippen molar-refractivity contribution in [2.45, 2.75) is 13.1 Å². The molecule has 1 aliphatic rings. The highest BCUT2D eigenvalue weighted by atomic mass is 35.5. The molecule has 2 aromatic carbocycles. The highest BCUT2D eigenvalue weighted by molar-refractivity contribution is 6.30. The second kappa shape index (κ2) is 6.89. The summed E-state index contributed by atoms with van der Waals surface area (Å²) in [6.07, 6.45) is 0. The number of piperazine rings is 1. The molecule has 1 saturated heterocycles. The molecule has 4 rings (SSSR count). The number of hydrogen-bond donors (Lipinski definition) is 0. The van der Waals surface area contributed by atoms with Crippen molar-refractivity contribution in [1.82, 2.24) is 20.1 Å². The number of nitrogens with zero attached hydrogens (tertiary/aromatic N) is 4. The number of halogens is 1. The Bertz CT molecular complexity index is 827. The van der Waals surface area contributed by atoms with E-state index in [1.54, 1.807) is 0 Å². The van der Waals surface area contributed by atoms with Crippen LogP contribution in [-0.2, 0) is 13.1 Å². The minimum absolute atomic E-state index is 0.809. The van der Waals surface area contributed by atoms with E-state index in [1.807, 2.05) is 18.2 Å². The summed E-state index contributed by atoms with van der Waals surface area (Å²) in [7, 11) is 0. The summed E-state index contributed by atoms with van der Waals surface area (Å²) < 4.78 is 4.76. The van der Waals surface area contributed by atoms with E-state index in [0.717, 1.165) is 55.3 Å². The van der Waals surface area contributed by atoms with Gasteiger partial charge in [0.1, 0.15) is 11.0 Å². The summed E-state index contributed by atoms with van der Waals surface area (Å²) in [4.78, 5) is 4.95. The van der Waals surface area contributed by atoms with E-state index >= 15 is 0 Å². The first-order valence-corrected chi connectivity index (χ1v) is 8.54. The van der Waals surface area contributed by atoms with Gasteiger partial charge in [0.15, 0.2) is 0 Å². The van der Waals surface area contributed by atoms with Crippen molar-refractivity contribution in [1.29, 1.82) is 0 Å². The molecule has 24 heavy (non-hydrogen) atoms. The maximum absolute atomic E-state index is 6.07. The Kier molecular flexibility index (Phi) is 4.47. The van der Waals surface area contributed by atoms with Crippen molar-refractivity contribution < 1.29 is 4.63 Å². The molecule has 0 spiro atoms. The summed E-state index contributed by atoms with van der Waals surface area (Å²) >= 11 is 6.07. The van der Waals surface area contributed by atoms with E-state index in [-0.39, 0.29) is 0 Å². The number of fused-ring (bicyclic) bond motifs is 1. The predicted molar refractivity (Wildman–Crippen MR) is 93.8 cm³/mol. The van der Waals surface area contributed by atoms with Crippen molar-refractivity contribution in [2.75, 3.05) is 26.2 Å². The summed E-state index contributed by atoms with van der Waals surface area (Å²) in [5.74, 6) is 0. The summed E-state index contributed by atoms with van der Waals surface area (Å²) in [6.45, 7) is 6.17. The number of benzene rings is 2. The second-order valence-corrected chi connectivity index (χ2v) is 6.71. The van der Waals surface area contributed by atoms with Crippen LogP contribution in [0.25, 0.3) is 11.0 Å². The first-order valence-electron chi connectivity index (χ1n) is 8.17. The predicted octanol–water partition coefficient (Wildman–Crippen LogP) is 3.19. The Morgan fingerprint density at radius 2 is 1.50 bits per heavy atom. The van der Waals surface area contributed by atoms with Gasteiger partial charge < -0.3 is 0 Å². The van der Waals surface area contributed by atoms with Gasteiger partial charge in [-0.25, -0.2) is 4.63 Å². The van der Waals surface area contributed by atoms with Crippen LogP contribution in [0.1, 0.15) is 11.1 Å². The zero-order valence-electron chi connectivity index (χ0n) is 13.4. The average Bonchev–Trinajstić information content (AvgIpc) is 3.04. The van der Waals surface area contributed by atoms with Crippen LogP contribution in [0.2, 0.25) is 5.02 Å². The second-order valence-electron chi connectivity index (χ2n) is 6.27. The zero-order chi connectivity index (χ0) is 16.4. The topological polar surface area (TPSA) is 45.4 Å². The van der Waals surface area contributed by atoms with Crippen molar-refractivity contribution in [3.8, 4) is 0 Å². The molecule has 124 valence electrons.